The van der Waals surface area contributed by atoms with Gasteiger partial charge in [-0.3, -0.25) is 0 Å². The third kappa shape index (κ3) is 4.90. The Kier molecular flexibility index (Phi) is 5.91. The second kappa shape index (κ2) is 7.90. The quantitative estimate of drug-likeness (QED) is 0.587. The second-order valence-electron chi connectivity index (χ2n) is 8.14. The van der Waals surface area contributed by atoms with Crippen molar-refractivity contribution in [3.05, 3.63) is 29.6 Å². The van der Waals surface area contributed by atoms with Gasteiger partial charge in [0, 0.05) is 0 Å². The number of alkyl halides is 5. The average Bonchev–Trinajstić information content (AvgIpc) is 3.10. The van der Waals surface area contributed by atoms with Gasteiger partial charge in [0.25, 0.3) is 5.92 Å². The fraction of sp³-hybridized carbons (Fsp3) is 0.579. The smallest absolute Gasteiger partial charge is 0.364 e. The fourth-order valence-corrected chi connectivity index (χ4v) is 3.12. The van der Waals surface area contributed by atoms with Crippen molar-refractivity contribution in [2.24, 2.45) is 5.73 Å². The van der Waals surface area contributed by atoms with E-state index >= 15 is 0 Å². The first-order chi connectivity index (χ1) is 14.2. The highest BCUT2D eigenvalue weighted by Crippen LogP contribution is 2.34. The molecule has 0 radical (unpaired) electrons. The number of urea groups is 1. The monoisotopic (exact) mass is 449 g/mol. The highest BCUT2D eigenvalue weighted by Gasteiger charge is 2.48. The molecule has 0 bridgehead atoms. The number of rotatable bonds is 6. The van der Waals surface area contributed by atoms with E-state index in [4.69, 9.17) is 10.5 Å². The van der Waals surface area contributed by atoms with E-state index in [2.05, 4.69) is 15.3 Å². The number of amides is 2. The van der Waals surface area contributed by atoms with E-state index < -0.39 is 55.5 Å². The number of aromatic nitrogens is 2. The number of nitrogens with one attached hydrogen (secondary N) is 2. The van der Waals surface area contributed by atoms with Crippen molar-refractivity contribution in [2.75, 3.05) is 19.7 Å². The first-order valence-electron chi connectivity index (χ1n) is 9.58. The predicted molar refractivity (Wildman–Crippen MR) is 103 cm³/mol. The summed E-state index contributed by atoms with van der Waals surface area (Å²) in [4.78, 5) is 20.3. The topological polar surface area (TPSA) is 96.3 Å². The highest BCUT2D eigenvalue weighted by molar-refractivity contribution is 5.78. The standard InChI is InChI=1S/C19H24F5N5O2/c1-10(29-9-18(20,21)8-26-16(29)30)11-4-5-13-14(6-11)28-15(27-13)12(25)7-31-17(2,3)19(22,23)24/h4-6,10,12H,7-9,25H2,1-3H3,(H,26,30)(H,27,28)/t10-,12+/m1/s1. The van der Waals surface area contributed by atoms with Gasteiger partial charge in [-0.1, -0.05) is 6.07 Å². The van der Waals surface area contributed by atoms with E-state index in [1.54, 1.807) is 25.1 Å². The van der Waals surface area contributed by atoms with Crippen LogP contribution < -0.4 is 11.1 Å². The Hall–Kier alpha value is -2.47. The number of H-pyrrole nitrogens is 1. The molecule has 1 aromatic carbocycles. The minimum atomic E-state index is -4.55. The molecule has 7 nitrogen and oxygen atoms in total. The van der Waals surface area contributed by atoms with Crippen LogP contribution in [-0.2, 0) is 4.74 Å². The number of nitrogens with two attached hydrogens (primary N) is 1. The molecule has 1 aromatic heterocycles. The molecule has 2 heterocycles. The Morgan fingerprint density at radius 1 is 1.32 bits per heavy atom. The number of carbonyl (C=O) groups is 1. The summed E-state index contributed by atoms with van der Waals surface area (Å²) in [6.07, 6.45) is -4.55. The molecule has 0 aliphatic carbocycles. The van der Waals surface area contributed by atoms with Gasteiger partial charge in [0.15, 0.2) is 5.60 Å². The fourth-order valence-electron chi connectivity index (χ4n) is 3.12. The zero-order chi connectivity index (χ0) is 23.2. The molecule has 0 spiro atoms. The largest absolute Gasteiger partial charge is 0.416 e. The number of imidazole rings is 1. The molecule has 2 amide bonds. The Balaban J connectivity index is 1.76. The summed E-state index contributed by atoms with van der Waals surface area (Å²) in [7, 11) is 0. The number of ether oxygens (including phenoxy) is 1. The maximum atomic E-state index is 13.7. The van der Waals surface area contributed by atoms with Crippen LogP contribution in [-0.4, -0.2) is 58.3 Å². The van der Waals surface area contributed by atoms with E-state index in [0.717, 1.165) is 18.7 Å². The lowest BCUT2D eigenvalue weighted by molar-refractivity contribution is -0.264. The van der Waals surface area contributed by atoms with Crippen LogP contribution in [0.2, 0.25) is 0 Å². The minimum Gasteiger partial charge on any atom is -0.364 e. The van der Waals surface area contributed by atoms with Crippen molar-refractivity contribution < 1.29 is 31.5 Å². The third-order valence-corrected chi connectivity index (χ3v) is 5.29. The highest BCUT2D eigenvalue weighted by atomic mass is 19.4. The number of hydrogen-bond acceptors (Lipinski definition) is 4. The molecule has 3 rings (SSSR count). The van der Waals surface area contributed by atoms with Gasteiger partial charge in [0.2, 0.25) is 0 Å². The number of aromatic amines is 1. The SMILES string of the molecule is C[C@H](c1ccc2nc([C@@H](N)COC(C)(C)C(F)(F)F)[nH]c2c1)N1CC(F)(F)CNC1=O. The van der Waals surface area contributed by atoms with E-state index in [1.165, 1.54) is 0 Å². The first kappa shape index (κ1) is 23.2. The maximum absolute atomic E-state index is 13.7. The molecule has 1 aliphatic heterocycles. The molecule has 31 heavy (non-hydrogen) atoms. The summed E-state index contributed by atoms with van der Waals surface area (Å²) < 4.78 is 71.2. The molecule has 0 unspecified atom stereocenters. The molecule has 1 saturated heterocycles. The molecule has 172 valence electrons. The summed E-state index contributed by atoms with van der Waals surface area (Å²) >= 11 is 0. The lowest BCUT2D eigenvalue weighted by atomic mass is 10.0. The van der Waals surface area contributed by atoms with Crippen LogP contribution in [0.5, 0.6) is 0 Å². The average molecular weight is 449 g/mol. The Morgan fingerprint density at radius 2 is 2.00 bits per heavy atom. The minimum absolute atomic E-state index is 0.222. The summed E-state index contributed by atoms with van der Waals surface area (Å²) in [5, 5.41) is 2.17. The van der Waals surface area contributed by atoms with E-state index in [9.17, 15) is 26.7 Å². The zero-order valence-electron chi connectivity index (χ0n) is 17.2. The number of halogens is 5. The Labute approximate surface area is 175 Å². The van der Waals surface area contributed by atoms with Gasteiger partial charge in [-0.15, -0.1) is 0 Å². The molecular formula is C19H24F5N5O2. The first-order valence-corrected chi connectivity index (χ1v) is 9.58. The number of fused-ring (bicyclic) bond motifs is 1. The van der Waals surface area contributed by atoms with Crippen LogP contribution in [0.4, 0.5) is 26.7 Å². The number of benzene rings is 1. The van der Waals surface area contributed by atoms with Crippen LogP contribution in [0.3, 0.4) is 0 Å². The zero-order valence-corrected chi connectivity index (χ0v) is 17.2. The molecule has 0 saturated carbocycles. The van der Waals surface area contributed by atoms with Crippen LogP contribution in [0.15, 0.2) is 18.2 Å². The van der Waals surface area contributed by atoms with Gasteiger partial charge in [-0.05, 0) is 38.5 Å². The van der Waals surface area contributed by atoms with Gasteiger partial charge in [0.1, 0.15) is 5.82 Å². The van der Waals surface area contributed by atoms with Crippen molar-refractivity contribution in [3.8, 4) is 0 Å². The summed E-state index contributed by atoms with van der Waals surface area (Å²) in [6.45, 7) is 1.61. The van der Waals surface area contributed by atoms with Gasteiger partial charge < -0.3 is 25.7 Å². The van der Waals surface area contributed by atoms with Crippen LogP contribution >= 0.6 is 0 Å². The van der Waals surface area contributed by atoms with E-state index in [1.807, 2.05) is 0 Å². The third-order valence-electron chi connectivity index (χ3n) is 5.29. The van der Waals surface area contributed by atoms with Crippen LogP contribution in [0, 0.1) is 0 Å². The molecule has 1 aliphatic rings. The molecule has 12 heteroatoms. The summed E-state index contributed by atoms with van der Waals surface area (Å²) in [6, 6.07) is 2.73. The van der Waals surface area contributed by atoms with Gasteiger partial charge in [-0.2, -0.15) is 13.2 Å². The van der Waals surface area contributed by atoms with Gasteiger partial charge in [0.05, 0.1) is 42.8 Å². The lowest BCUT2D eigenvalue weighted by Crippen LogP contribution is -2.57. The number of carbonyl (C=O) groups excluding carboxylic acids is 1. The molecule has 1 fully saturated rings. The van der Waals surface area contributed by atoms with Gasteiger partial charge in [-0.25, -0.2) is 18.6 Å². The second-order valence-corrected chi connectivity index (χ2v) is 8.14. The molecule has 2 atom stereocenters. The normalized spacial score (nSPS) is 19.4. The van der Waals surface area contributed by atoms with Crippen molar-refractivity contribution in [3.63, 3.8) is 0 Å². The van der Waals surface area contributed by atoms with Crippen LogP contribution in [0.25, 0.3) is 11.0 Å². The Morgan fingerprint density at radius 3 is 2.65 bits per heavy atom. The maximum Gasteiger partial charge on any atom is 0.416 e. The lowest BCUT2D eigenvalue weighted by Gasteiger charge is -2.37. The van der Waals surface area contributed by atoms with E-state index in [0.29, 0.717) is 16.6 Å². The van der Waals surface area contributed by atoms with Crippen molar-refractivity contribution in [1.82, 2.24) is 20.2 Å². The summed E-state index contributed by atoms with van der Waals surface area (Å²) in [5.41, 5.74) is 5.16. The molecular weight excluding hydrogens is 425 g/mol. The Bertz CT molecular complexity index is 959. The molecule has 4 N–H and O–H groups in total. The number of nitrogens with zero attached hydrogens (tertiary/aromatic N) is 2. The predicted octanol–water partition coefficient (Wildman–Crippen LogP) is 3.64. The van der Waals surface area contributed by atoms with Crippen molar-refractivity contribution >= 4 is 17.1 Å². The van der Waals surface area contributed by atoms with Gasteiger partial charge >= 0.3 is 12.2 Å². The van der Waals surface area contributed by atoms with Crippen molar-refractivity contribution in [1.29, 1.82) is 0 Å². The summed E-state index contributed by atoms with van der Waals surface area (Å²) in [5.74, 6) is -2.82. The number of hydrogen-bond donors (Lipinski definition) is 3. The van der Waals surface area contributed by atoms with Crippen molar-refractivity contribution in [2.45, 2.75) is 50.6 Å². The van der Waals surface area contributed by atoms with Crippen LogP contribution in [0.1, 0.15) is 44.2 Å². The molecule has 2 aromatic rings. The van der Waals surface area contributed by atoms with E-state index in [-0.39, 0.29) is 5.82 Å².